The number of hydrogen-bond acceptors (Lipinski definition) is 3. The normalized spacial score (nSPS) is 12.6. The van der Waals surface area contributed by atoms with E-state index in [1.54, 1.807) is 4.68 Å². The van der Waals surface area contributed by atoms with Crippen LogP contribution < -0.4 is 5.32 Å². The molecular formula is C13H18N4. The first-order chi connectivity index (χ1) is 8.19. The van der Waals surface area contributed by atoms with Gasteiger partial charge in [0.1, 0.15) is 0 Å². The Kier molecular flexibility index (Phi) is 3.54. The molecular weight excluding hydrogens is 212 g/mol. The number of aromatic nitrogens is 3. The van der Waals surface area contributed by atoms with Crippen LogP contribution in [0.2, 0.25) is 0 Å². The molecule has 1 aromatic heterocycles. The zero-order valence-corrected chi connectivity index (χ0v) is 10.5. The second-order valence-corrected chi connectivity index (χ2v) is 4.34. The van der Waals surface area contributed by atoms with Gasteiger partial charge in [0.2, 0.25) is 0 Å². The molecule has 0 spiro atoms. The minimum absolute atomic E-state index is 0.284. The molecule has 1 aromatic carbocycles. The van der Waals surface area contributed by atoms with Gasteiger partial charge in [-0.15, -0.1) is 5.10 Å². The largest absolute Gasteiger partial charge is 0.313 e. The van der Waals surface area contributed by atoms with Gasteiger partial charge in [0.15, 0.2) is 0 Å². The summed E-state index contributed by atoms with van der Waals surface area (Å²) in [5, 5.41) is 11.4. The first kappa shape index (κ1) is 11.8. The lowest BCUT2D eigenvalue weighted by Crippen LogP contribution is -2.19. The van der Waals surface area contributed by atoms with Gasteiger partial charge in [-0.25, -0.2) is 0 Å². The van der Waals surface area contributed by atoms with Crippen LogP contribution in [0.1, 0.15) is 22.9 Å². The summed E-state index contributed by atoms with van der Waals surface area (Å²) in [5.74, 6) is 0. The van der Waals surface area contributed by atoms with Gasteiger partial charge in [-0.05, 0) is 19.5 Å². The highest BCUT2D eigenvalue weighted by Gasteiger charge is 2.12. The monoisotopic (exact) mass is 230 g/mol. The minimum atomic E-state index is 0.284. The van der Waals surface area contributed by atoms with Gasteiger partial charge in [-0.1, -0.05) is 35.0 Å². The molecule has 0 aliphatic heterocycles. The van der Waals surface area contributed by atoms with E-state index in [0.717, 1.165) is 12.1 Å². The van der Waals surface area contributed by atoms with E-state index in [1.807, 2.05) is 20.3 Å². The molecule has 1 unspecified atom stereocenters. The summed E-state index contributed by atoms with van der Waals surface area (Å²) in [5.41, 5.74) is 3.58. The van der Waals surface area contributed by atoms with E-state index < -0.39 is 0 Å². The molecule has 1 N–H and O–H groups in total. The number of nitrogens with one attached hydrogen (secondary N) is 1. The smallest absolute Gasteiger partial charge is 0.0845 e. The molecule has 0 amide bonds. The van der Waals surface area contributed by atoms with Crippen molar-refractivity contribution in [3.63, 3.8) is 0 Å². The van der Waals surface area contributed by atoms with E-state index in [2.05, 4.69) is 46.8 Å². The summed E-state index contributed by atoms with van der Waals surface area (Å²) >= 11 is 0. The highest BCUT2D eigenvalue weighted by molar-refractivity contribution is 5.26. The molecule has 4 nitrogen and oxygen atoms in total. The van der Waals surface area contributed by atoms with Crippen LogP contribution in [0.25, 0.3) is 0 Å². The molecule has 0 aliphatic rings. The van der Waals surface area contributed by atoms with Crippen molar-refractivity contribution in [2.75, 3.05) is 7.05 Å². The van der Waals surface area contributed by atoms with Crippen molar-refractivity contribution in [2.24, 2.45) is 7.05 Å². The van der Waals surface area contributed by atoms with Gasteiger partial charge in [0.05, 0.1) is 5.69 Å². The molecule has 1 atom stereocenters. The third-order valence-corrected chi connectivity index (χ3v) is 2.86. The zero-order chi connectivity index (χ0) is 12.3. The topological polar surface area (TPSA) is 42.7 Å². The van der Waals surface area contributed by atoms with E-state index in [-0.39, 0.29) is 6.04 Å². The number of rotatable bonds is 4. The quantitative estimate of drug-likeness (QED) is 0.868. The lowest BCUT2D eigenvalue weighted by Gasteiger charge is -2.15. The predicted octanol–water partition coefficient (Wildman–Crippen LogP) is 1.63. The Bertz CT molecular complexity index is 490. The lowest BCUT2D eigenvalue weighted by molar-refractivity contribution is 0.583. The molecule has 1 heterocycles. The van der Waals surface area contributed by atoms with Gasteiger partial charge in [0, 0.05) is 25.7 Å². The first-order valence-corrected chi connectivity index (χ1v) is 5.78. The Morgan fingerprint density at radius 1 is 1.41 bits per heavy atom. The Morgan fingerprint density at radius 2 is 2.24 bits per heavy atom. The Hall–Kier alpha value is -1.68. The van der Waals surface area contributed by atoms with Crippen LogP contribution in [0.15, 0.2) is 30.5 Å². The molecule has 17 heavy (non-hydrogen) atoms. The summed E-state index contributed by atoms with van der Waals surface area (Å²) in [6, 6.07) is 8.83. The third kappa shape index (κ3) is 2.91. The number of aryl methyl sites for hydroxylation is 2. The Balaban J connectivity index is 2.16. The maximum atomic E-state index is 4.12. The van der Waals surface area contributed by atoms with E-state index in [1.165, 1.54) is 11.1 Å². The highest BCUT2D eigenvalue weighted by atomic mass is 15.4. The van der Waals surface area contributed by atoms with Crippen LogP contribution in [0.5, 0.6) is 0 Å². The van der Waals surface area contributed by atoms with Gasteiger partial charge in [-0.2, -0.15) is 0 Å². The summed E-state index contributed by atoms with van der Waals surface area (Å²) in [4.78, 5) is 0. The van der Waals surface area contributed by atoms with Crippen LogP contribution >= 0.6 is 0 Å². The van der Waals surface area contributed by atoms with Crippen molar-refractivity contribution in [2.45, 2.75) is 19.4 Å². The van der Waals surface area contributed by atoms with Crippen molar-refractivity contribution in [3.8, 4) is 0 Å². The predicted molar refractivity (Wildman–Crippen MR) is 67.7 cm³/mol. The van der Waals surface area contributed by atoms with Crippen molar-refractivity contribution in [1.29, 1.82) is 0 Å². The molecule has 0 saturated heterocycles. The van der Waals surface area contributed by atoms with Crippen molar-refractivity contribution >= 4 is 0 Å². The second kappa shape index (κ2) is 5.10. The Labute approximate surface area is 102 Å². The van der Waals surface area contributed by atoms with Crippen LogP contribution in [0, 0.1) is 6.92 Å². The molecule has 0 radical (unpaired) electrons. The van der Waals surface area contributed by atoms with E-state index in [4.69, 9.17) is 0 Å². The number of benzene rings is 1. The van der Waals surface area contributed by atoms with E-state index >= 15 is 0 Å². The standard InChI is InChI=1S/C13H18N4/c1-10-5-4-6-11(7-10)13(14-2)8-12-9-17(3)16-15-12/h4-7,9,13-14H,8H2,1-3H3. The molecule has 0 aliphatic carbocycles. The fraction of sp³-hybridized carbons (Fsp3) is 0.385. The molecule has 0 fully saturated rings. The second-order valence-electron chi connectivity index (χ2n) is 4.34. The number of nitrogens with zero attached hydrogens (tertiary/aromatic N) is 3. The Morgan fingerprint density at radius 3 is 2.82 bits per heavy atom. The van der Waals surface area contributed by atoms with Crippen molar-refractivity contribution in [3.05, 3.63) is 47.3 Å². The summed E-state index contributed by atoms with van der Waals surface area (Å²) in [6.45, 7) is 2.11. The van der Waals surface area contributed by atoms with Gasteiger partial charge in [0.25, 0.3) is 0 Å². The maximum absolute atomic E-state index is 4.12. The molecule has 4 heteroatoms. The molecule has 0 bridgehead atoms. The average molecular weight is 230 g/mol. The molecule has 2 aromatic rings. The molecule has 2 rings (SSSR count). The highest BCUT2D eigenvalue weighted by Crippen LogP contribution is 2.17. The maximum Gasteiger partial charge on any atom is 0.0845 e. The van der Waals surface area contributed by atoms with Crippen molar-refractivity contribution < 1.29 is 0 Å². The van der Waals surface area contributed by atoms with Gasteiger partial charge >= 0.3 is 0 Å². The number of likely N-dealkylation sites (N-methyl/N-ethyl adjacent to an activating group) is 1. The summed E-state index contributed by atoms with van der Waals surface area (Å²) < 4.78 is 1.73. The van der Waals surface area contributed by atoms with Crippen LogP contribution in [0.3, 0.4) is 0 Å². The molecule has 0 saturated carbocycles. The summed E-state index contributed by atoms with van der Waals surface area (Å²) in [6.07, 6.45) is 2.81. The van der Waals surface area contributed by atoms with Crippen LogP contribution in [-0.2, 0) is 13.5 Å². The van der Waals surface area contributed by atoms with E-state index in [0.29, 0.717) is 0 Å². The third-order valence-electron chi connectivity index (χ3n) is 2.86. The first-order valence-electron chi connectivity index (χ1n) is 5.78. The van der Waals surface area contributed by atoms with Crippen molar-refractivity contribution in [1.82, 2.24) is 20.3 Å². The van der Waals surface area contributed by atoms with Gasteiger partial charge < -0.3 is 5.32 Å². The lowest BCUT2D eigenvalue weighted by atomic mass is 10.0. The SMILES string of the molecule is CNC(Cc1cn(C)nn1)c1cccc(C)c1. The fourth-order valence-electron chi connectivity index (χ4n) is 1.97. The summed E-state index contributed by atoms with van der Waals surface area (Å²) in [7, 11) is 3.86. The zero-order valence-electron chi connectivity index (χ0n) is 10.5. The van der Waals surface area contributed by atoms with Crippen LogP contribution in [0.4, 0.5) is 0 Å². The van der Waals surface area contributed by atoms with E-state index in [9.17, 15) is 0 Å². The fourth-order valence-corrected chi connectivity index (χ4v) is 1.97. The number of hydrogen-bond donors (Lipinski definition) is 1. The average Bonchev–Trinajstić information content (AvgIpc) is 2.72. The van der Waals surface area contributed by atoms with Crippen LogP contribution in [-0.4, -0.2) is 22.0 Å². The molecule has 90 valence electrons. The van der Waals surface area contributed by atoms with Gasteiger partial charge in [-0.3, -0.25) is 4.68 Å². The minimum Gasteiger partial charge on any atom is -0.313 e.